The molecule has 0 spiro atoms. The molecule has 1 rings (SSSR count). The minimum atomic E-state index is 0.906. The molecule has 1 aromatic carbocycles. The molecule has 1 heteroatoms. The van der Waals surface area contributed by atoms with Crippen molar-refractivity contribution >= 4 is 11.6 Å². The van der Waals surface area contributed by atoms with Crippen LogP contribution >= 0.6 is 11.6 Å². The Morgan fingerprint density at radius 2 is 1.89 bits per heavy atom. The predicted molar refractivity (Wildman–Crippen MR) is 82.4 cm³/mol. The van der Waals surface area contributed by atoms with E-state index in [2.05, 4.69) is 39.0 Å². The first kappa shape index (κ1) is 15.6. The van der Waals surface area contributed by atoms with E-state index in [1.54, 1.807) is 0 Å². The van der Waals surface area contributed by atoms with Gasteiger partial charge in [-0.15, -0.1) is 0 Å². The highest BCUT2D eigenvalue weighted by Crippen LogP contribution is 2.19. The molecule has 0 N–H and O–H groups in total. The van der Waals surface area contributed by atoms with Crippen LogP contribution in [0.1, 0.15) is 63.5 Å². The molecular formula is C17H27Cl. The minimum Gasteiger partial charge on any atom is -0.0840 e. The Hall–Kier alpha value is -0.490. The van der Waals surface area contributed by atoms with Gasteiger partial charge in [-0.1, -0.05) is 69.7 Å². The van der Waals surface area contributed by atoms with Crippen molar-refractivity contribution < 1.29 is 0 Å². The van der Waals surface area contributed by atoms with Crippen LogP contribution in [0.3, 0.4) is 0 Å². The maximum atomic E-state index is 6.13. The number of hydrogen-bond acceptors (Lipinski definition) is 0. The van der Waals surface area contributed by atoms with Gasteiger partial charge in [-0.3, -0.25) is 0 Å². The first-order chi connectivity index (χ1) is 8.63. The zero-order valence-corrected chi connectivity index (χ0v) is 12.9. The van der Waals surface area contributed by atoms with Crippen LogP contribution in [0.2, 0.25) is 5.02 Å². The summed E-state index contributed by atoms with van der Waals surface area (Å²) in [4.78, 5) is 0. The summed E-state index contributed by atoms with van der Waals surface area (Å²) in [5.74, 6) is 0.906. The number of unbranched alkanes of at least 4 members (excludes halogenated alkanes) is 2. The van der Waals surface area contributed by atoms with E-state index in [1.807, 2.05) is 0 Å². The van der Waals surface area contributed by atoms with E-state index < -0.39 is 0 Å². The number of aryl methyl sites for hydroxylation is 2. The smallest absolute Gasteiger partial charge is 0.0437 e. The zero-order chi connectivity index (χ0) is 13.4. The average Bonchev–Trinajstić information content (AvgIpc) is 2.33. The van der Waals surface area contributed by atoms with Gasteiger partial charge in [0, 0.05) is 5.02 Å². The Balaban J connectivity index is 2.16. The van der Waals surface area contributed by atoms with Crippen LogP contribution in [-0.2, 0) is 6.42 Å². The van der Waals surface area contributed by atoms with E-state index in [9.17, 15) is 0 Å². The van der Waals surface area contributed by atoms with E-state index in [-0.39, 0.29) is 0 Å². The van der Waals surface area contributed by atoms with Gasteiger partial charge >= 0.3 is 0 Å². The van der Waals surface area contributed by atoms with Gasteiger partial charge in [-0.2, -0.15) is 0 Å². The molecule has 0 fully saturated rings. The maximum Gasteiger partial charge on any atom is 0.0437 e. The van der Waals surface area contributed by atoms with Gasteiger partial charge < -0.3 is 0 Å². The second-order valence-corrected chi connectivity index (χ2v) is 5.98. The molecule has 1 unspecified atom stereocenters. The Morgan fingerprint density at radius 1 is 1.11 bits per heavy atom. The quantitative estimate of drug-likeness (QED) is 0.492. The summed E-state index contributed by atoms with van der Waals surface area (Å²) in [6, 6.07) is 6.46. The molecule has 0 bridgehead atoms. The van der Waals surface area contributed by atoms with Gasteiger partial charge in [-0.05, 0) is 42.9 Å². The summed E-state index contributed by atoms with van der Waals surface area (Å²) < 4.78 is 0. The van der Waals surface area contributed by atoms with Crippen LogP contribution in [0, 0.1) is 12.8 Å². The summed E-state index contributed by atoms with van der Waals surface area (Å²) in [5.41, 5.74) is 2.56. The van der Waals surface area contributed by atoms with Crippen LogP contribution < -0.4 is 0 Å². The van der Waals surface area contributed by atoms with Gasteiger partial charge in [0.05, 0.1) is 0 Å². The molecule has 0 aromatic heterocycles. The van der Waals surface area contributed by atoms with Crippen molar-refractivity contribution in [2.45, 2.75) is 65.7 Å². The molecule has 0 amide bonds. The van der Waals surface area contributed by atoms with Crippen LogP contribution in [0.25, 0.3) is 0 Å². The Morgan fingerprint density at radius 3 is 2.56 bits per heavy atom. The molecule has 0 saturated carbocycles. The topological polar surface area (TPSA) is 0 Å². The van der Waals surface area contributed by atoms with Crippen molar-refractivity contribution in [3.8, 4) is 0 Å². The molecule has 0 nitrogen and oxygen atoms in total. The van der Waals surface area contributed by atoms with Crippen LogP contribution in [-0.4, -0.2) is 0 Å². The molecule has 102 valence electrons. The molecule has 0 saturated heterocycles. The third-order valence-electron chi connectivity index (χ3n) is 3.68. The number of halogens is 1. The SMILES string of the molecule is CCCC(C)CCCCCc1ccc(C)c(Cl)c1. The second-order valence-electron chi connectivity index (χ2n) is 5.58. The van der Waals surface area contributed by atoms with E-state index in [0.717, 1.165) is 10.9 Å². The largest absolute Gasteiger partial charge is 0.0840 e. The van der Waals surface area contributed by atoms with Crippen LogP contribution in [0.5, 0.6) is 0 Å². The van der Waals surface area contributed by atoms with Crippen LogP contribution in [0.4, 0.5) is 0 Å². The fraction of sp³-hybridized carbons (Fsp3) is 0.647. The normalized spacial score (nSPS) is 12.7. The lowest BCUT2D eigenvalue weighted by Gasteiger charge is -2.09. The van der Waals surface area contributed by atoms with E-state index in [1.165, 1.54) is 56.1 Å². The van der Waals surface area contributed by atoms with Crippen molar-refractivity contribution in [2.75, 3.05) is 0 Å². The molecule has 1 atom stereocenters. The minimum absolute atomic E-state index is 0.906. The van der Waals surface area contributed by atoms with E-state index in [4.69, 9.17) is 11.6 Å². The summed E-state index contributed by atoms with van der Waals surface area (Å²) in [7, 11) is 0. The third-order valence-corrected chi connectivity index (χ3v) is 4.09. The fourth-order valence-electron chi connectivity index (χ4n) is 2.43. The molecular weight excluding hydrogens is 240 g/mol. The molecule has 0 aliphatic rings. The monoisotopic (exact) mass is 266 g/mol. The zero-order valence-electron chi connectivity index (χ0n) is 12.1. The summed E-state index contributed by atoms with van der Waals surface area (Å²) in [6.45, 7) is 6.71. The Labute approximate surface area is 118 Å². The summed E-state index contributed by atoms with van der Waals surface area (Å²) in [6.07, 6.45) is 9.28. The standard InChI is InChI=1S/C17H27Cl/c1-4-8-14(2)9-6-5-7-10-16-12-11-15(3)17(18)13-16/h11-14H,4-10H2,1-3H3. The van der Waals surface area contributed by atoms with Gasteiger partial charge in [0.1, 0.15) is 0 Å². The molecule has 1 aromatic rings. The number of benzene rings is 1. The first-order valence-corrected chi connectivity index (χ1v) is 7.76. The summed E-state index contributed by atoms with van der Waals surface area (Å²) in [5, 5.41) is 0.907. The molecule has 0 heterocycles. The van der Waals surface area contributed by atoms with Crippen molar-refractivity contribution in [1.29, 1.82) is 0 Å². The molecule has 18 heavy (non-hydrogen) atoms. The maximum absolute atomic E-state index is 6.13. The van der Waals surface area contributed by atoms with Crippen molar-refractivity contribution in [3.05, 3.63) is 34.3 Å². The van der Waals surface area contributed by atoms with Crippen molar-refractivity contribution in [2.24, 2.45) is 5.92 Å². The highest BCUT2D eigenvalue weighted by atomic mass is 35.5. The lowest BCUT2D eigenvalue weighted by Crippen LogP contribution is -1.94. The average molecular weight is 267 g/mol. The lowest BCUT2D eigenvalue weighted by atomic mass is 9.97. The molecule has 0 radical (unpaired) electrons. The number of rotatable bonds is 8. The number of hydrogen-bond donors (Lipinski definition) is 0. The molecule has 0 aliphatic carbocycles. The van der Waals surface area contributed by atoms with E-state index in [0.29, 0.717) is 0 Å². The molecule has 0 aliphatic heterocycles. The fourth-order valence-corrected chi connectivity index (χ4v) is 2.63. The van der Waals surface area contributed by atoms with Crippen molar-refractivity contribution in [1.82, 2.24) is 0 Å². The van der Waals surface area contributed by atoms with Gasteiger partial charge in [0.15, 0.2) is 0 Å². The van der Waals surface area contributed by atoms with Gasteiger partial charge in [0.25, 0.3) is 0 Å². The first-order valence-electron chi connectivity index (χ1n) is 7.38. The van der Waals surface area contributed by atoms with Crippen LogP contribution in [0.15, 0.2) is 18.2 Å². The second kappa shape index (κ2) is 8.58. The predicted octanol–water partition coefficient (Wildman–Crippen LogP) is 6.19. The Kier molecular flexibility index (Phi) is 7.42. The highest BCUT2D eigenvalue weighted by Gasteiger charge is 2.01. The van der Waals surface area contributed by atoms with E-state index >= 15 is 0 Å². The Bertz CT molecular complexity index is 343. The summed E-state index contributed by atoms with van der Waals surface area (Å²) >= 11 is 6.13. The van der Waals surface area contributed by atoms with Gasteiger partial charge in [0.2, 0.25) is 0 Å². The van der Waals surface area contributed by atoms with Crippen molar-refractivity contribution in [3.63, 3.8) is 0 Å². The third kappa shape index (κ3) is 5.91. The lowest BCUT2D eigenvalue weighted by molar-refractivity contribution is 0.456. The highest BCUT2D eigenvalue weighted by molar-refractivity contribution is 6.31. The van der Waals surface area contributed by atoms with Gasteiger partial charge in [-0.25, -0.2) is 0 Å².